The molecule has 29 heavy (non-hydrogen) atoms. The van der Waals surface area contributed by atoms with Crippen LogP contribution in [0.15, 0.2) is 34.9 Å². The highest BCUT2D eigenvalue weighted by Gasteiger charge is 2.23. The molecule has 2 aromatic rings. The quantitative estimate of drug-likeness (QED) is 0.465. The smallest absolute Gasteiger partial charge is 0.412 e. The van der Waals surface area contributed by atoms with Gasteiger partial charge in [-0.05, 0) is 79.9 Å². The van der Waals surface area contributed by atoms with Gasteiger partial charge >= 0.3 is 12.1 Å². The molecule has 0 unspecified atom stereocenters. The van der Waals surface area contributed by atoms with Crippen molar-refractivity contribution in [3.63, 3.8) is 0 Å². The Bertz CT molecular complexity index is 893. The molecule has 6 nitrogen and oxygen atoms in total. The zero-order valence-corrected chi connectivity index (χ0v) is 18.6. The zero-order chi connectivity index (χ0) is 21.8. The highest BCUT2D eigenvalue weighted by Crippen LogP contribution is 2.26. The van der Waals surface area contributed by atoms with Gasteiger partial charge in [-0.3, -0.25) is 5.32 Å². The Labute approximate surface area is 177 Å². The van der Waals surface area contributed by atoms with Gasteiger partial charge in [-0.15, -0.1) is 0 Å². The summed E-state index contributed by atoms with van der Waals surface area (Å²) in [4.78, 5) is 29.0. The Morgan fingerprint density at radius 3 is 2.38 bits per heavy atom. The van der Waals surface area contributed by atoms with E-state index in [2.05, 4.69) is 26.2 Å². The number of carbonyl (C=O) groups is 2. The van der Waals surface area contributed by atoms with Gasteiger partial charge in [0, 0.05) is 6.42 Å². The lowest BCUT2D eigenvalue weighted by Crippen LogP contribution is -2.28. The standard InChI is InChI=1S/C21H24BrFN2O4/c1-12(2)28-19(26)17-16(24-20(27)29-21(3,4)5)11-14(18(22)25-17)10-13-6-8-15(23)9-7-13/h6-9,11-12H,10H2,1-5H3,(H,24,27). The predicted molar refractivity (Wildman–Crippen MR) is 112 cm³/mol. The summed E-state index contributed by atoms with van der Waals surface area (Å²) in [5.41, 5.74) is 0.963. The molecular weight excluding hydrogens is 443 g/mol. The van der Waals surface area contributed by atoms with Crippen LogP contribution in [0, 0.1) is 5.82 Å². The summed E-state index contributed by atoms with van der Waals surface area (Å²) >= 11 is 3.37. The monoisotopic (exact) mass is 466 g/mol. The van der Waals surface area contributed by atoms with Gasteiger partial charge in [-0.25, -0.2) is 19.0 Å². The average molecular weight is 467 g/mol. The second-order valence-electron chi connectivity index (χ2n) is 7.72. The molecule has 0 atom stereocenters. The van der Waals surface area contributed by atoms with Crippen LogP contribution >= 0.6 is 15.9 Å². The minimum Gasteiger partial charge on any atom is -0.458 e. The minimum atomic E-state index is -0.715. The molecule has 1 heterocycles. The Balaban J connectivity index is 2.39. The molecule has 8 heteroatoms. The second-order valence-corrected chi connectivity index (χ2v) is 8.47. The lowest BCUT2D eigenvalue weighted by Gasteiger charge is -2.20. The van der Waals surface area contributed by atoms with E-state index in [4.69, 9.17) is 9.47 Å². The van der Waals surface area contributed by atoms with E-state index in [0.717, 1.165) is 5.56 Å². The van der Waals surface area contributed by atoms with Crippen LogP contribution in [0.4, 0.5) is 14.9 Å². The van der Waals surface area contributed by atoms with Crippen molar-refractivity contribution in [2.45, 2.75) is 52.7 Å². The number of nitrogens with zero attached hydrogens (tertiary/aromatic N) is 1. The molecule has 0 radical (unpaired) electrons. The number of anilines is 1. The van der Waals surface area contributed by atoms with E-state index in [-0.39, 0.29) is 23.3 Å². The molecule has 156 valence electrons. The molecule has 0 spiro atoms. The lowest BCUT2D eigenvalue weighted by molar-refractivity contribution is 0.0372. The maximum atomic E-state index is 13.2. The van der Waals surface area contributed by atoms with Crippen LogP contribution in [0.25, 0.3) is 0 Å². The summed E-state index contributed by atoms with van der Waals surface area (Å²) in [6, 6.07) is 7.67. The first-order valence-corrected chi connectivity index (χ1v) is 9.89. The number of halogens is 2. The van der Waals surface area contributed by atoms with E-state index in [0.29, 0.717) is 16.6 Å². The lowest BCUT2D eigenvalue weighted by atomic mass is 10.1. The molecule has 1 N–H and O–H groups in total. The number of nitrogens with one attached hydrogen (secondary N) is 1. The highest BCUT2D eigenvalue weighted by molar-refractivity contribution is 9.10. The zero-order valence-electron chi connectivity index (χ0n) is 17.0. The van der Waals surface area contributed by atoms with Crippen LogP contribution in [-0.2, 0) is 15.9 Å². The van der Waals surface area contributed by atoms with Crippen LogP contribution in [0.2, 0.25) is 0 Å². The van der Waals surface area contributed by atoms with Crippen molar-refractivity contribution >= 4 is 33.7 Å². The number of pyridine rings is 1. The van der Waals surface area contributed by atoms with Crippen molar-refractivity contribution in [2.75, 3.05) is 5.32 Å². The van der Waals surface area contributed by atoms with Crippen molar-refractivity contribution in [1.82, 2.24) is 4.98 Å². The number of hydrogen-bond acceptors (Lipinski definition) is 5. The molecule has 0 fully saturated rings. The number of amides is 1. The average Bonchev–Trinajstić information content (AvgIpc) is 2.57. The van der Waals surface area contributed by atoms with E-state index in [1.165, 1.54) is 12.1 Å². The number of aromatic nitrogens is 1. The minimum absolute atomic E-state index is 0.0423. The van der Waals surface area contributed by atoms with Gasteiger partial charge in [-0.2, -0.15) is 0 Å². The molecule has 1 aromatic carbocycles. The Morgan fingerprint density at radius 1 is 1.21 bits per heavy atom. The van der Waals surface area contributed by atoms with Crippen molar-refractivity contribution < 1.29 is 23.5 Å². The molecule has 0 bridgehead atoms. The second kappa shape index (κ2) is 9.35. The summed E-state index contributed by atoms with van der Waals surface area (Å²) in [6.07, 6.45) is -0.652. The van der Waals surface area contributed by atoms with Gasteiger partial charge in [0.05, 0.1) is 11.8 Å². The highest BCUT2D eigenvalue weighted by atomic mass is 79.9. The first-order chi connectivity index (χ1) is 13.4. The van der Waals surface area contributed by atoms with Crippen LogP contribution in [0.5, 0.6) is 0 Å². The Morgan fingerprint density at radius 2 is 1.83 bits per heavy atom. The topological polar surface area (TPSA) is 77.5 Å². The molecule has 0 saturated carbocycles. The number of carbonyl (C=O) groups excluding carboxylic acids is 2. The normalized spacial score (nSPS) is 11.3. The largest absolute Gasteiger partial charge is 0.458 e. The fourth-order valence-electron chi connectivity index (χ4n) is 2.41. The van der Waals surface area contributed by atoms with Crippen LogP contribution < -0.4 is 5.32 Å². The van der Waals surface area contributed by atoms with Gasteiger partial charge < -0.3 is 9.47 Å². The van der Waals surface area contributed by atoms with Crippen LogP contribution in [0.1, 0.15) is 56.2 Å². The van der Waals surface area contributed by atoms with E-state index in [9.17, 15) is 14.0 Å². The van der Waals surface area contributed by atoms with Crippen molar-refractivity contribution in [2.24, 2.45) is 0 Å². The first-order valence-electron chi connectivity index (χ1n) is 9.09. The third kappa shape index (κ3) is 7.12. The number of ether oxygens (including phenoxy) is 2. The molecule has 0 aliphatic heterocycles. The van der Waals surface area contributed by atoms with Gasteiger partial charge in [0.15, 0.2) is 5.69 Å². The first kappa shape index (κ1) is 22.8. The van der Waals surface area contributed by atoms with E-state index in [1.54, 1.807) is 52.8 Å². The third-order valence-corrected chi connectivity index (χ3v) is 4.21. The van der Waals surface area contributed by atoms with Gasteiger partial charge in [0.2, 0.25) is 0 Å². The summed E-state index contributed by atoms with van der Waals surface area (Å²) in [5.74, 6) is -0.995. The molecule has 0 saturated heterocycles. The van der Waals surface area contributed by atoms with E-state index in [1.807, 2.05) is 0 Å². The van der Waals surface area contributed by atoms with E-state index < -0.39 is 17.7 Å². The number of esters is 1. The van der Waals surface area contributed by atoms with Gasteiger partial charge in [-0.1, -0.05) is 12.1 Å². The molecule has 1 aromatic heterocycles. The molecule has 0 aliphatic carbocycles. The fraction of sp³-hybridized carbons (Fsp3) is 0.381. The maximum absolute atomic E-state index is 13.2. The molecule has 1 amide bonds. The maximum Gasteiger partial charge on any atom is 0.412 e. The summed E-state index contributed by atoms with van der Waals surface area (Å²) in [5, 5.41) is 2.58. The Kier molecular flexibility index (Phi) is 7.35. The van der Waals surface area contributed by atoms with Gasteiger partial charge in [0.25, 0.3) is 0 Å². The van der Waals surface area contributed by atoms with Crippen LogP contribution in [-0.4, -0.2) is 28.8 Å². The summed E-state index contributed by atoms with van der Waals surface area (Å²) in [6.45, 7) is 8.65. The summed E-state index contributed by atoms with van der Waals surface area (Å²) in [7, 11) is 0. The molecular formula is C21H24BrFN2O4. The summed E-state index contributed by atoms with van der Waals surface area (Å²) < 4.78 is 24.1. The SMILES string of the molecule is CC(C)OC(=O)c1nc(Br)c(Cc2ccc(F)cc2)cc1NC(=O)OC(C)(C)C. The number of hydrogen-bond donors (Lipinski definition) is 1. The van der Waals surface area contributed by atoms with Crippen molar-refractivity contribution in [1.29, 1.82) is 0 Å². The third-order valence-electron chi connectivity index (χ3n) is 3.53. The Hall–Kier alpha value is -2.48. The number of benzene rings is 1. The van der Waals surface area contributed by atoms with E-state index >= 15 is 0 Å². The van der Waals surface area contributed by atoms with Crippen molar-refractivity contribution in [3.8, 4) is 0 Å². The molecule has 2 rings (SSSR count). The van der Waals surface area contributed by atoms with Gasteiger partial charge in [0.1, 0.15) is 16.0 Å². The van der Waals surface area contributed by atoms with Crippen molar-refractivity contribution in [3.05, 3.63) is 57.6 Å². The number of rotatable bonds is 5. The van der Waals surface area contributed by atoms with Crippen LogP contribution in [0.3, 0.4) is 0 Å². The fourth-order valence-corrected chi connectivity index (χ4v) is 2.84. The molecule has 0 aliphatic rings. The predicted octanol–water partition coefficient (Wildman–Crippen LogP) is 5.49.